The van der Waals surface area contributed by atoms with E-state index in [0.29, 0.717) is 23.7 Å². The smallest absolute Gasteiger partial charge is 0.421 e. The van der Waals surface area contributed by atoms with Gasteiger partial charge in [0.25, 0.3) is 0 Å². The fraction of sp³-hybridized carbons (Fsp3) is 0.429. The third-order valence-corrected chi connectivity index (χ3v) is 6.17. The minimum Gasteiger partial charge on any atom is -0.494 e. The molecule has 1 aliphatic carbocycles. The summed E-state index contributed by atoms with van der Waals surface area (Å²) in [6.07, 6.45) is 4.97. The number of ether oxygens (including phenoxy) is 2. The van der Waals surface area contributed by atoms with Crippen LogP contribution in [0, 0.1) is 0 Å². The van der Waals surface area contributed by atoms with Crippen LogP contribution in [-0.4, -0.2) is 22.7 Å². The van der Waals surface area contributed by atoms with Crippen LogP contribution < -0.4 is 20.1 Å². The van der Waals surface area contributed by atoms with E-state index < -0.39 is 11.7 Å². The molecule has 2 aromatic carbocycles. The highest BCUT2D eigenvalue weighted by Crippen LogP contribution is 2.36. The molecule has 0 aliphatic heterocycles. The van der Waals surface area contributed by atoms with Gasteiger partial charge in [-0.1, -0.05) is 32.3 Å². The first-order valence-corrected chi connectivity index (χ1v) is 12.9. The van der Waals surface area contributed by atoms with Crippen LogP contribution in [0.2, 0.25) is 0 Å². The lowest BCUT2D eigenvalue weighted by Crippen LogP contribution is -2.19. The van der Waals surface area contributed by atoms with Gasteiger partial charge in [0.1, 0.15) is 22.9 Å². The van der Waals surface area contributed by atoms with E-state index in [1.807, 2.05) is 6.07 Å². The Labute approximate surface area is 215 Å². The Bertz CT molecular complexity index is 1130. The molecule has 1 heterocycles. The SMILES string of the molecule is CCCCCOc1ccc(Nc2ncc(C(F)(F)F)c(Nc3cccc(OC4CCCCC4)c3)n2)cc1. The van der Waals surface area contributed by atoms with Crippen LogP contribution in [0.3, 0.4) is 0 Å². The molecule has 2 N–H and O–H groups in total. The van der Waals surface area contributed by atoms with Gasteiger partial charge in [-0.3, -0.25) is 0 Å². The minimum absolute atomic E-state index is 0.0433. The lowest BCUT2D eigenvalue weighted by Gasteiger charge is -2.23. The van der Waals surface area contributed by atoms with Gasteiger partial charge in [-0.2, -0.15) is 18.2 Å². The highest BCUT2D eigenvalue weighted by atomic mass is 19.4. The normalized spacial score (nSPS) is 14.3. The van der Waals surface area contributed by atoms with Crippen molar-refractivity contribution in [3.05, 3.63) is 60.3 Å². The van der Waals surface area contributed by atoms with Gasteiger partial charge in [-0.15, -0.1) is 0 Å². The second-order valence-electron chi connectivity index (χ2n) is 9.19. The molecular weight excluding hydrogens is 481 g/mol. The van der Waals surface area contributed by atoms with Gasteiger partial charge in [-0.05, 0) is 68.5 Å². The number of alkyl halides is 3. The highest BCUT2D eigenvalue weighted by molar-refractivity contribution is 5.64. The molecule has 1 fully saturated rings. The minimum atomic E-state index is -4.62. The Morgan fingerprint density at radius 3 is 2.43 bits per heavy atom. The molecular formula is C28H33F3N4O2. The van der Waals surface area contributed by atoms with Crippen molar-refractivity contribution in [3.8, 4) is 11.5 Å². The molecule has 9 heteroatoms. The molecule has 0 atom stereocenters. The first kappa shape index (κ1) is 26.6. The zero-order valence-corrected chi connectivity index (χ0v) is 21.0. The molecule has 0 saturated heterocycles. The lowest BCUT2D eigenvalue weighted by molar-refractivity contribution is -0.137. The van der Waals surface area contributed by atoms with Crippen molar-refractivity contribution in [2.24, 2.45) is 0 Å². The number of unbranched alkanes of at least 4 members (excludes halogenated alkanes) is 2. The topological polar surface area (TPSA) is 68.3 Å². The molecule has 37 heavy (non-hydrogen) atoms. The number of nitrogens with zero attached hydrogens (tertiary/aromatic N) is 2. The summed E-state index contributed by atoms with van der Waals surface area (Å²) in [6.45, 7) is 2.78. The Balaban J connectivity index is 1.47. The van der Waals surface area contributed by atoms with E-state index in [9.17, 15) is 13.2 Å². The van der Waals surface area contributed by atoms with Crippen molar-refractivity contribution < 1.29 is 22.6 Å². The Morgan fingerprint density at radius 2 is 1.70 bits per heavy atom. The number of halogens is 3. The fourth-order valence-corrected chi connectivity index (χ4v) is 4.21. The van der Waals surface area contributed by atoms with E-state index in [1.54, 1.807) is 42.5 Å². The Hall–Kier alpha value is -3.49. The van der Waals surface area contributed by atoms with Crippen LogP contribution >= 0.6 is 0 Å². The van der Waals surface area contributed by atoms with E-state index in [1.165, 1.54) is 6.42 Å². The first-order chi connectivity index (χ1) is 17.9. The largest absolute Gasteiger partial charge is 0.494 e. The van der Waals surface area contributed by atoms with E-state index >= 15 is 0 Å². The lowest BCUT2D eigenvalue weighted by atomic mass is 9.98. The summed E-state index contributed by atoms with van der Waals surface area (Å²) in [5, 5.41) is 5.78. The van der Waals surface area contributed by atoms with Crippen molar-refractivity contribution in [1.82, 2.24) is 9.97 Å². The molecule has 1 aliphatic rings. The maximum absolute atomic E-state index is 13.7. The summed E-state index contributed by atoms with van der Waals surface area (Å²) in [4.78, 5) is 8.03. The average Bonchev–Trinajstić information content (AvgIpc) is 2.88. The van der Waals surface area contributed by atoms with Crippen molar-refractivity contribution in [2.75, 3.05) is 17.2 Å². The second kappa shape index (κ2) is 12.7. The van der Waals surface area contributed by atoms with Crippen LogP contribution in [0.25, 0.3) is 0 Å². The number of benzene rings is 2. The van der Waals surface area contributed by atoms with Gasteiger partial charge in [0, 0.05) is 23.6 Å². The van der Waals surface area contributed by atoms with Gasteiger partial charge in [0.05, 0.1) is 12.7 Å². The maximum atomic E-state index is 13.7. The molecule has 6 nitrogen and oxygen atoms in total. The standard InChI is InChI=1S/C28H33F3N4O2/c1-2-3-7-17-36-22-15-13-20(14-16-22)34-27-32-19-25(28(29,30)31)26(35-27)33-21-9-8-12-24(18-21)37-23-10-5-4-6-11-23/h8-9,12-16,18-19,23H,2-7,10-11,17H2,1H3,(H2,32,33,34,35). The number of hydrogen-bond acceptors (Lipinski definition) is 6. The van der Waals surface area contributed by atoms with Crippen molar-refractivity contribution in [3.63, 3.8) is 0 Å². The molecule has 0 amide bonds. The molecule has 4 rings (SSSR count). The predicted molar refractivity (Wildman–Crippen MR) is 139 cm³/mol. The van der Waals surface area contributed by atoms with Crippen molar-refractivity contribution >= 4 is 23.1 Å². The van der Waals surface area contributed by atoms with Gasteiger partial charge in [0.15, 0.2) is 0 Å². The van der Waals surface area contributed by atoms with Crippen LogP contribution in [-0.2, 0) is 6.18 Å². The van der Waals surface area contributed by atoms with Crippen molar-refractivity contribution in [1.29, 1.82) is 0 Å². The van der Waals surface area contributed by atoms with E-state index in [4.69, 9.17) is 9.47 Å². The van der Waals surface area contributed by atoms with Crippen molar-refractivity contribution in [2.45, 2.75) is 70.6 Å². The summed E-state index contributed by atoms with van der Waals surface area (Å²) in [6, 6.07) is 14.1. The third kappa shape index (κ3) is 8.00. The molecule has 0 bridgehead atoms. The molecule has 0 spiro atoms. The van der Waals surface area contributed by atoms with Gasteiger partial charge in [-0.25, -0.2) is 4.98 Å². The summed E-state index contributed by atoms with van der Waals surface area (Å²) >= 11 is 0. The van der Waals surface area contributed by atoms with Gasteiger partial charge < -0.3 is 20.1 Å². The maximum Gasteiger partial charge on any atom is 0.421 e. The van der Waals surface area contributed by atoms with Crippen LogP contribution in [0.1, 0.15) is 63.9 Å². The number of nitrogens with one attached hydrogen (secondary N) is 2. The summed E-state index contributed by atoms with van der Waals surface area (Å²) in [5.41, 5.74) is 0.134. The monoisotopic (exact) mass is 514 g/mol. The quantitative estimate of drug-likeness (QED) is 0.251. The number of hydrogen-bond donors (Lipinski definition) is 2. The van der Waals surface area contributed by atoms with Crippen LogP contribution in [0.5, 0.6) is 11.5 Å². The molecule has 0 radical (unpaired) electrons. The molecule has 198 valence electrons. The molecule has 0 unspecified atom stereocenters. The summed E-state index contributed by atoms with van der Waals surface area (Å²) in [5.74, 6) is 1.06. The summed E-state index contributed by atoms with van der Waals surface area (Å²) in [7, 11) is 0. The highest BCUT2D eigenvalue weighted by Gasteiger charge is 2.35. The molecule has 1 aromatic heterocycles. The van der Waals surface area contributed by atoms with E-state index in [-0.39, 0.29) is 17.9 Å². The number of aromatic nitrogens is 2. The first-order valence-electron chi connectivity index (χ1n) is 12.9. The van der Waals surface area contributed by atoms with Crippen LogP contribution in [0.4, 0.5) is 36.3 Å². The second-order valence-corrected chi connectivity index (χ2v) is 9.19. The molecule has 1 saturated carbocycles. The van der Waals surface area contributed by atoms with Gasteiger partial charge >= 0.3 is 6.18 Å². The number of rotatable bonds is 11. The zero-order chi connectivity index (χ0) is 26.1. The third-order valence-electron chi connectivity index (χ3n) is 6.17. The zero-order valence-electron chi connectivity index (χ0n) is 21.0. The average molecular weight is 515 g/mol. The van der Waals surface area contributed by atoms with E-state index in [2.05, 4.69) is 27.5 Å². The molecule has 3 aromatic rings. The fourth-order valence-electron chi connectivity index (χ4n) is 4.21. The Kier molecular flexibility index (Phi) is 9.09. The van der Waals surface area contributed by atoms with Gasteiger partial charge in [0.2, 0.25) is 5.95 Å². The van der Waals surface area contributed by atoms with E-state index in [0.717, 1.165) is 56.9 Å². The summed E-state index contributed by atoms with van der Waals surface area (Å²) < 4.78 is 52.9. The predicted octanol–water partition coefficient (Wildman–Crippen LogP) is 8.26. The number of anilines is 4. The van der Waals surface area contributed by atoms with Crippen LogP contribution in [0.15, 0.2) is 54.7 Å². The Morgan fingerprint density at radius 1 is 0.919 bits per heavy atom.